The number of pyridine rings is 1. The number of nitrogens with one attached hydrogen (secondary N) is 1. The Morgan fingerprint density at radius 3 is 2.53 bits per heavy atom. The first-order chi connectivity index (χ1) is 18.5. The first kappa shape index (κ1) is 29.6. The molecule has 5 rings (SSSR count). The molecular weight excluding hydrogens is 498 g/mol. The van der Waals surface area contributed by atoms with Crippen molar-refractivity contribution >= 4 is 40.3 Å². The van der Waals surface area contributed by atoms with Gasteiger partial charge in [0.25, 0.3) is 0 Å². The zero-order valence-electron chi connectivity index (χ0n) is 22.8. The highest BCUT2D eigenvalue weighted by atomic mass is 35.5. The maximum Gasteiger partial charge on any atom is 0.143 e. The number of halogens is 1. The number of aliphatic hydroxyl groups excluding tert-OH is 1. The predicted octanol–water partition coefficient (Wildman–Crippen LogP) is 7.19. The second-order valence-corrected chi connectivity index (χ2v) is 10.1. The van der Waals surface area contributed by atoms with Crippen molar-refractivity contribution in [2.24, 2.45) is 0 Å². The summed E-state index contributed by atoms with van der Waals surface area (Å²) in [7, 11) is 0. The number of carbonyl (C=O) groups is 1. The molecule has 0 saturated carbocycles. The van der Waals surface area contributed by atoms with Crippen molar-refractivity contribution in [1.29, 1.82) is 0 Å². The number of nitrogens with zero attached hydrogens (tertiary/aromatic N) is 2. The van der Waals surface area contributed by atoms with E-state index in [2.05, 4.69) is 66.0 Å². The number of H-pyrrole nitrogens is 1. The van der Waals surface area contributed by atoms with E-state index in [0.29, 0.717) is 11.6 Å². The number of ether oxygens (including phenoxy) is 1. The summed E-state index contributed by atoms with van der Waals surface area (Å²) in [6, 6.07) is 14.6. The third kappa shape index (κ3) is 7.56. The van der Waals surface area contributed by atoms with E-state index >= 15 is 0 Å². The van der Waals surface area contributed by atoms with Crippen molar-refractivity contribution in [3.63, 3.8) is 0 Å². The molecule has 0 unspecified atom stereocenters. The number of aryl methyl sites for hydroxylation is 1. The number of hydrogen-bond donors (Lipinski definition) is 2. The number of rotatable bonds is 7. The van der Waals surface area contributed by atoms with Crippen LogP contribution >= 0.6 is 11.6 Å². The van der Waals surface area contributed by atoms with Gasteiger partial charge in [-0.2, -0.15) is 0 Å². The average Bonchev–Trinajstić information content (AvgIpc) is 3.31. The standard InChI is InChI=1S/C25H26ClN3O2.C5H12.CH2O/c1-16-3-2-4-17(13-16)20-5-6-22(31-12-11-29-9-7-19(30)8-10-29)24-23(20)21-14-18(26)15-27-25(21)28-24;1-3-5-4-2;1-2/h2-6,13-15,19,30H,7-12H2,1H3,(H,27,28);3-5H2,1-2H3;1H2. The fourth-order valence-electron chi connectivity index (χ4n) is 4.79. The van der Waals surface area contributed by atoms with Crippen LogP contribution in [0, 0.1) is 6.92 Å². The SMILES string of the molecule is C=O.CCCCC.Cc1cccc(-c2ccc(OCCN3CCC(O)CC3)c3[nH]c4ncc(Cl)cc4c23)c1. The van der Waals surface area contributed by atoms with Crippen molar-refractivity contribution in [3.05, 3.63) is 59.2 Å². The van der Waals surface area contributed by atoms with Crippen molar-refractivity contribution in [2.75, 3.05) is 26.2 Å². The largest absolute Gasteiger partial charge is 0.490 e. The van der Waals surface area contributed by atoms with Crippen molar-refractivity contribution in [3.8, 4) is 16.9 Å². The second kappa shape index (κ2) is 14.9. The quantitative estimate of drug-likeness (QED) is 0.261. The summed E-state index contributed by atoms with van der Waals surface area (Å²) >= 11 is 6.29. The van der Waals surface area contributed by atoms with Crippen LogP contribution in [0.2, 0.25) is 5.02 Å². The van der Waals surface area contributed by atoms with Gasteiger partial charge >= 0.3 is 0 Å². The highest BCUT2D eigenvalue weighted by Gasteiger charge is 2.18. The van der Waals surface area contributed by atoms with E-state index in [1.165, 1.54) is 24.8 Å². The monoisotopic (exact) mass is 537 g/mol. The molecule has 2 aromatic carbocycles. The van der Waals surface area contributed by atoms with Gasteiger partial charge in [-0.25, -0.2) is 4.98 Å². The summed E-state index contributed by atoms with van der Waals surface area (Å²) < 4.78 is 6.23. The lowest BCUT2D eigenvalue weighted by Crippen LogP contribution is -2.38. The molecule has 2 N–H and O–H groups in total. The van der Waals surface area contributed by atoms with Crippen LogP contribution < -0.4 is 4.74 Å². The van der Waals surface area contributed by atoms with Crippen LogP contribution in [0.25, 0.3) is 33.1 Å². The third-order valence-electron chi connectivity index (χ3n) is 6.79. The molecule has 7 heteroatoms. The molecule has 0 spiro atoms. The number of benzene rings is 2. The maximum absolute atomic E-state index is 9.70. The molecule has 0 aliphatic carbocycles. The molecule has 4 aromatic rings. The Morgan fingerprint density at radius 1 is 1.13 bits per heavy atom. The third-order valence-corrected chi connectivity index (χ3v) is 7.00. The lowest BCUT2D eigenvalue weighted by Gasteiger charge is -2.29. The Labute approximate surface area is 231 Å². The summed E-state index contributed by atoms with van der Waals surface area (Å²) in [5.74, 6) is 0.817. The minimum absolute atomic E-state index is 0.156. The molecule has 6 nitrogen and oxygen atoms in total. The Morgan fingerprint density at radius 2 is 1.87 bits per heavy atom. The molecule has 0 bridgehead atoms. The summed E-state index contributed by atoms with van der Waals surface area (Å²) in [4.78, 5) is 18.3. The smallest absolute Gasteiger partial charge is 0.143 e. The number of likely N-dealkylation sites (tertiary alicyclic amines) is 1. The highest BCUT2D eigenvalue weighted by molar-refractivity contribution is 6.31. The molecule has 0 atom stereocenters. The molecule has 3 heterocycles. The van der Waals surface area contributed by atoms with Crippen LogP contribution in [-0.4, -0.2) is 59.1 Å². The number of carbonyl (C=O) groups excluding carboxylic acids is 1. The van der Waals surface area contributed by atoms with Crippen LogP contribution in [0.3, 0.4) is 0 Å². The van der Waals surface area contributed by atoms with Gasteiger partial charge in [0.1, 0.15) is 24.8 Å². The van der Waals surface area contributed by atoms with E-state index in [4.69, 9.17) is 21.1 Å². The normalized spacial score (nSPS) is 14.0. The second-order valence-electron chi connectivity index (χ2n) is 9.68. The summed E-state index contributed by atoms with van der Waals surface area (Å²) in [6.07, 6.45) is 7.26. The lowest BCUT2D eigenvalue weighted by atomic mass is 9.98. The summed E-state index contributed by atoms with van der Waals surface area (Å²) in [5, 5.41) is 12.4. The van der Waals surface area contributed by atoms with Crippen LogP contribution in [0.15, 0.2) is 48.7 Å². The van der Waals surface area contributed by atoms with Crippen LogP contribution in [0.1, 0.15) is 51.5 Å². The van der Waals surface area contributed by atoms with Gasteiger partial charge in [0.15, 0.2) is 0 Å². The number of aromatic amines is 1. The van der Waals surface area contributed by atoms with Crippen LogP contribution in [0.4, 0.5) is 0 Å². The van der Waals surface area contributed by atoms with E-state index in [1.54, 1.807) is 6.20 Å². The Balaban J connectivity index is 0.000000515. The molecule has 2 aromatic heterocycles. The zero-order valence-corrected chi connectivity index (χ0v) is 23.6. The molecule has 1 fully saturated rings. The van der Waals surface area contributed by atoms with Gasteiger partial charge in [-0.1, -0.05) is 74.5 Å². The van der Waals surface area contributed by atoms with Gasteiger partial charge < -0.3 is 19.6 Å². The predicted molar refractivity (Wildman–Crippen MR) is 158 cm³/mol. The highest BCUT2D eigenvalue weighted by Crippen LogP contribution is 2.39. The van der Waals surface area contributed by atoms with Gasteiger partial charge in [0.05, 0.1) is 16.6 Å². The van der Waals surface area contributed by atoms with Crippen molar-refractivity contribution < 1.29 is 14.6 Å². The number of unbranched alkanes of at least 4 members (excludes halogenated alkanes) is 2. The van der Waals surface area contributed by atoms with E-state index in [1.807, 2.05) is 18.9 Å². The van der Waals surface area contributed by atoms with E-state index in [-0.39, 0.29) is 6.10 Å². The van der Waals surface area contributed by atoms with Crippen LogP contribution in [0.5, 0.6) is 5.75 Å². The average molecular weight is 538 g/mol. The number of aliphatic hydroxyl groups is 1. The molecule has 204 valence electrons. The molecule has 1 saturated heterocycles. The molecule has 0 radical (unpaired) electrons. The van der Waals surface area contributed by atoms with Gasteiger partial charge in [-0.05, 0) is 49.1 Å². The number of fused-ring (bicyclic) bond motifs is 3. The van der Waals surface area contributed by atoms with Gasteiger partial charge in [0, 0.05) is 36.6 Å². The van der Waals surface area contributed by atoms with Crippen LogP contribution in [-0.2, 0) is 4.79 Å². The number of piperidine rings is 1. The topological polar surface area (TPSA) is 78.5 Å². The van der Waals surface area contributed by atoms with Crippen molar-refractivity contribution in [1.82, 2.24) is 14.9 Å². The summed E-state index contributed by atoms with van der Waals surface area (Å²) in [5.41, 5.74) is 5.25. The molecule has 1 aliphatic heterocycles. The van der Waals surface area contributed by atoms with E-state index in [9.17, 15) is 5.11 Å². The fourth-order valence-corrected chi connectivity index (χ4v) is 4.95. The lowest BCUT2D eigenvalue weighted by molar-refractivity contribution is -0.0980. The van der Waals surface area contributed by atoms with E-state index in [0.717, 1.165) is 71.3 Å². The Hall–Kier alpha value is -2.93. The zero-order chi connectivity index (χ0) is 27.5. The molecule has 0 amide bonds. The van der Waals surface area contributed by atoms with Crippen molar-refractivity contribution in [2.45, 2.75) is 59.0 Å². The number of hydrogen-bond acceptors (Lipinski definition) is 5. The molecule has 38 heavy (non-hydrogen) atoms. The fraction of sp³-hybridized carbons (Fsp3) is 0.419. The summed E-state index contributed by atoms with van der Waals surface area (Å²) in [6.45, 7) is 11.8. The van der Waals surface area contributed by atoms with Gasteiger partial charge in [0.2, 0.25) is 0 Å². The maximum atomic E-state index is 9.70. The number of aromatic nitrogens is 2. The minimum atomic E-state index is -0.156. The Kier molecular flexibility index (Phi) is 11.6. The molecular formula is C31H40ClN3O3. The van der Waals surface area contributed by atoms with Gasteiger partial charge in [-0.3, -0.25) is 4.90 Å². The Bertz CT molecular complexity index is 1300. The van der Waals surface area contributed by atoms with E-state index < -0.39 is 0 Å². The molecule has 1 aliphatic rings. The first-order valence-corrected chi connectivity index (χ1v) is 13.9. The minimum Gasteiger partial charge on any atom is -0.490 e. The first-order valence-electron chi connectivity index (χ1n) is 13.5. The van der Waals surface area contributed by atoms with Gasteiger partial charge in [-0.15, -0.1) is 0 Å².